The zero-order valence-corrected chi connectivity index (χ0v) is 16.2. The molecule has 0 aliphatic carbocycles. The number of halogens is 2. The predicted molar refractivity (Wildman–Crippen MR) is 106 cm³/mol. The van der Waals surface area contributed by atoms with Crippen molar-refractivity contribution in [3.63, 3.8) is 0 Å². The molecule has 0 unspecified atom stereocenters. The van der Waals surface area contributed by atoms with Crippen molar-refractivity contribution in [1.29, 1.82) is 0 Å². The second kappa shape index (κ2) is 8.16. The fourth-order valence-electron chi connectivity index (χ4n) is 2.62. The molecule has 2 amide bonds. The maximum absolute atomic E-state index is 12.6. The molecule has 1 fully saturated rings. The van der Waals surface area contributed by atoms with Crippen LogP contribution in [-0.2, 0) is 11.2 Å². The van der Waals surface area contributed by atoms with E-state index in [-0.39, 0.29) is 11.1 Å². The Balaban J connectivity index is 1.81. The zero-order chi connectivity index (χ0) is 18.7. The van der Waals surface area contributed by atoms with Crippen LogP contribution < -0.4 is 4.74 Å². The third kappa shape index (κ3) is 4.06. The van der Waals surface area contributed by atoms with Crippen LogP contribution in [0.2, 0.25) is 10.0 Å². The van der Waals surface area contributed by atoms with Crippen LogP contribution in [0.25, 0.3) is 6.08 Å². The Morgan fingerprint density at radius 3 is 2.58 bits per heavy atom. The highest BCUT2D eigenvalue weighted by Crippen LogP contribution is 2.37. The van der Waals surface area contributed by atoms with Crippen molar-refractivity contribution in [2.24, 2.45) is 0 Å². The molecule has 1 aliphatic heterocycles. The van der Waals surface area contributed by atoms with Gasteiger partial charge in [-0.05, 0) is 42.0 Å². The maximum Gasteiger partial charge on any atom is 0.293 e. The molecule has 0 radical (unpaired) electrons. The molecule has 3 rings (SSSR count). The van der Waals surface area contributed by atoms with Gasteiger partial charge in [0.05, 0.1) is 17.0 Å². The second-order valence-electron chi connectivity index (χ2n) is 5.58. The highest BCUT2D eigenvalue weighted by Gasteiger charge is 2.34. The third-order valence-electron chi connectivity index (χ3n) is 3.87. The van der Waals surface area contributed by atoms with Crippen LogP contribution in [0, 0.1) is 0 Å². The van der Waals surface area contributed by atoms with E-state index in [1.807, 2.05) is 30.3 Å². The molecule has 0 spiro atoms. The van der Waals surface area contributed by atoms with Crippen LogP contribution in [0.5, 0.6) is 5.75 Å². The molecule has 0 bridgehead atoms. The molecule has 0 aromatic heterocycles. The largest absolute Gasteiger partial charge is 0.495 e. The summed E-state index contributed by atoms with van der Waals surface area (Å²) >= 11 is 13.1. The lowest BCUT2D eigenvalue weighted by Gasteiger charge is -2.12. The van der Waals surface area contributed by atoms with Crippen molar-refractivity contribution in [1.82, 2.24) is 4.90 Å². The first-order valence-electron chi connectivity index (χ1n) is 7.82. The van der Waals surface area contributed by atoms with E-state index in [4.69, 9.17) is 27.9 Å². The van der Waals surface area contributed by atoms with Gasteiger partial charge in [0.2, 0.25) is 0 Å². The number of hydrogen-bond acceptors (Lipinski definition) is 4. The first-order chi connectivity index (χ1) is 12.5. The number of carbonyl (C=O) groups is 2. The van der Waals surface area contributed by atoms with Gasteiger partial charge in [0.15, 0.2) is 0 Å². The Morgan fingerprint density at radius 2 is 1.88 bits per heavy atom. The summed E-state index contributed by atoms with van der Waals surface area (Å²) in [4.78, 5) is 26.4. The minimum absolute atomic E-state index is 0.288. The fourth-order valence-corrected chi connectivity index (χ4v) is 4.06. The van der Waals surface area contributed by atoms with Crippen molar-refractivity contribution in [2.45, 2.75) is 6.42 Å². The molecule has 0 atom stereocenters. The Bertz CT molecular complexity index is 884. The van der Waals surface area contributed by atoms with Crippen LogP contribution in [0.3, 0.4) is 0 Å². The van der Waals surface area contributed by atoms with Crippen molar-refractivity contribution >= 4 is 52.2 Å². The number of carbonyl (C=O) groups excluding carboxylic acids is 2. The number of methoxy groups -OCH3 is 1. The first-order valence-corrected chi connectivity index (χ1v) is 9.39. The number of ether oxygens (including phenoxy) is 1. The van der Waals surface area contributed by atoms with E-state index in [0.717, 1.165) is 17.3 Å². The summed E-state index contributed by atoms with van der Waals surface area (Å²) in [5.41, 5.74) is 1.62. The predicted octanol–water partition coefficient (Wildman–Crippen LogP) is 5.28. The van der Waals surface area contributed by atoms with Gasteiger partial charge in [-0.1, -0.05) is 53.5 Å². The van der Waals surface area contributed by atoms with Crippen LogP contribution in [0.1, 0.15) is 11.1 Å². The summed E-state index contributed by atoms with van der Waals surface area (Å²) in [5, 5.41) is 0.476. The van der Waals surface area contributed by atoms with E-state index >= 15 is 0 Å². The van der Waals surface area contributed by atoms with Crippen molar-refractivity contribution in [3.8, 4) is 5.75 Å². The summed E-state index contributed by atoms with van der Waals surface area (Å²) < 4.78 is 5.28. The summed E-state index contributed by atoms with van der Waals surface area (Å²) in [6.45, 7) is 0.333. The molecule has 134 valence electrons. The lowest BCUT2D eigenvalue weighted by atomic mass is 10.1. The minimum atomic E-state index is -0.325. The lowest BCUT2D eigenvalue weighted by Crippen LogP contribution is -2.30. The van der Waals surface area contributed by atoms with Gasteiger partial charge in [-0.25, -0.2) is 0 Å². The SMILES string of the molecule is COc1c(Cl)cc(Cl)cc1/C=C1\SC(=O)N(CCc2ccccc2)C1=O. The highest BCUT2D eigenvalue weighted by atomic mass is 35.5. The minimum Gasteiger partial charge on any atom is -0.495 e. The van der Waals surface area contributed by atoms with Crippen LogP contribution in [0.4, 0.5) is 4.79 Å². The van der Waals surface area contributed by atoms with Gasteiger partial charge < -0.3 is 4.74 Å². The molecule has 26 heavy (non-hydrogen) atoms. The van der Waals surface area contributed by atoms with E-state index in [0.29, 0.717) is 39.2 Å². The average molecular weight is 408 g/mol. The molecule has 0 N–H and O–H groups in total. The van der Waals surface area contributed by atoms with E-state index in [1.165, 1.54) is 12.0 Å². The summed E-state index contributed by atoms with van der Waals surface area (Å²) in [5.74, 6) is 0.0845. The highest BCUT2D eigenvalue weighted by molar-refractivity contribution is 8.18. The molecule has 2 aromatic rings. The zero-order valence-electron chi connectivity index (χ0n) is 13.9. The number of benzene rings is 2. The normalized spacial score (nSPS) is 15.8. The van der Waals surface area contributed by atoms with Gasteiger partial charge in [-0.3, -0.25) is 14.5 Å². The quantitative estimate of drug-likeness (QED) is 0.632. The second-order valence-corrected chi connectivity index (χ2v) is 7.42. The molecule has 2 aromatic carbocycles. The third-order valence-corrected chi connectivity index (χ3v) is 5.27. The monoisotopic (exact) mass is 407 g/mol. The van der Waals surface area contributed by atoms with E-state index in [2.05, 4.69) is 0 Å². The molecule has 1 heterocycles. The number of nitrogens with zero attached hydrogens (tertiary/aromatic N) is 1. The number of imide groups is 1. The number of amides is 2. The Labute approximate surface area is 165 Å². The van der Waals surface area contributed by atoms with Gasteiger partial charge in [-0.15, -0.1) is 0 Å². The van der Waals surface area contributed by atoms with E-state index < -0.39 is 0 Å². The number of thioether (sulfide) groups is 1. The first kappa shape index (κ1) is 18.8. The lowest BCUT2D eigenvalue weighted by molar-refractivity contribution is -0.122. The molecule has 0 saturated carbocycles. The van der Waals surface area contributed by atoms with Crippen LogP contribution >= 0.6 is 35.0 Å². The Kier molecular flexibility index (Phi) is 5.91. The van der Waals surface area contributed by atoms with Crippen LogP contribution in [0.15, 0.2) is 47.4 Å². The molecule has 7 heteroatoms. The summed E-state index contributed by atoms with van der Waals surface area (Å²) in [6, 6.07) is 12.9. The van der Waals surface area contributed by atoms with E-state index in [9.17, 15) is 9.59 Å². The number of rotatable bonds is 5. The van der Waals surface area contributed by atoms with Crippen LogP contribution in [-0.4, -0.2) is 29.7 Å². The van der Waals surface area contributed by atoms with Gasteiger partial charge in [0.1, 0.15) is 5.75 Å². The topological polar surface area (TPSA) is 46.6 Å². The van der Waals surface area contributed by atoms with Gasteiger partial charge in [-0.2, -0.15) is 0 Å². The smallest absolute Gasteiger partial charge is 0.293 e. The van der Waals surface area contributed by atoms with Crippen molar-refractivity contribution in [2.75, 3.05) is 13.7 Å². The fraction of sp³-hybridized carbons (Fsp3) is 0.158. The average Bonchev–Trinajstić information content (AvgIpc) is 2.87. The Morgan fingerprint density at radius 1 is 1.15 bits per heavy atom. The molecule has 4 nitrogen and oxygen atoms in total. The Hall–Kier alpha value is -1.95. The molecule has 1 saturated heterocycles. The summed E-state index contributed by atoms with van der Waals surface area (Å²) in [7, 11) is 1.48. The van der Waals surface area contributed by atoms with E-state index in [1.54, 1.807) is 18.2 Å². The molecular formula is C19H15Cl2NO3S. The molecule has 1 aliphatic rings. The summed E-state index contributed by atoms with van der Waals surface area (Å²) in [6.07, 6.45) is 2.20. The molecular weight excluding hydrogens is 393 g/mol. The van der Waals surface area contributed by atoms with Gasteiger partial charge >= 0.3 is 0 Å². The van der Waals surface area contributed by atoms with Crippen molar-refractivity contribution < 1.29 is 14.3 Å². The van der Waals surface area contributed by atoms with Crippen molar-refractivity contribution in [3.05, 3.63) is 68.5 Å². The standard InChI is InChI=1S/C19H15Cl2NO3S/c1-25-17-13(9-14(20)11-15(17)21)10-16-18(23)22(19(24)26-16)8-7-12-5-3-2-4-6-12/h2-6,9-11H,7-8H2,1H3/b16-10-. The number of hydrogen-bond donors (Lipinski definition) is 0. The maximum atomic E-state index is 12.6. The van der Waals surface area contributed by atoms with Gasteiger partial charge in [0.25, 0.3) is 11.1 Å². The van der Waals surface area contributed by atoms with Gasteiger partial charge in [0, 0.05) is 17.1 Å².